The minimum atomic E-state index is -4.42. The molecule has 160 valence electrons. The highest BCUT2D eigenvalue weighted by molar-refractivity contribution is 5.93. The van der Waals surface area contributed by atoms with Gasteiger partial charge in [-0.1, -0.05) is 0 Å². The van der Waals surface area contributed by atoms with Gasteiger partial charge >= 0.3 is 6.18 Å². The lowest BCUT2D eigenvalue weighted by Gasteiger charge is -2.11. The number of carbonyl (C=O) groups is 1. The normalized spacial score (nSPS) is 12.9. The molecule has 0 atom stereocenters. The molecule has 1 aliphatic heterocycles. The zero-order chi connectivity index (χ0) is 22.6. The summed E-state index contributed by atoms with van der Waals surface area (Å²) in [6.07, 6.45) is -0.135. The van der Waals surface area contributed by atoms with Crippen LogP contribution < -0.4 is 5.73 Å². The largest absolute Gasteiger partial charge is 0.433 e. The van der Waals surface area contributed by atoms with Gasteiger partial charge in [-0.25, -0.2) is 0 Å². The monoisotopic (exact) mass is 427 g/mol. The molecule has 0 spiro atoms. The number of primary amides is 1. The molecule has 0 unspecified atom stereocenters. The van der Waals surface area contributed by atoms with E-state index in [1.807, 2.05) is 23.7 Å². The van der Waals surface area contributed by atoms with Gasteiger partial charge in [0.05, 0.1) is 17.3 Å². The number of nitrogens with zero attached hydrogens (tertiary/aromatic N) is 4. The molecule has 9 heteroatoms. The van der Waals surface area contributed by atoms with Crippen LogP contribution in [-0.2, 0) is 19.1 Å². The SMILES string of the molecule is Cc1cc(C#N)cc(C(N)=O)c1.FC(F)(F)c1cc(-c2cc3n(n2)CCCC3)ccn1. The molecule has 0 saturated carbocycles. The van der Waals surface area contributed by atoms with Crippen molar-refractivity contribution in [1.82, 2.24) is 14.8 Å². The number of benzene rings is 1. The van der Waals surface area contributed by atoms with Gasteiger partial charge in [-0.05, 0) is 68.1 Å². The summed E-state index contributed by atoms with van der Waals surface area (Å²) in [6.45, 7) is 2.65. The maximum Gasteiger partial charge on any atom is 0.433 e. The molecule has 2 N–H and O–H groups in total. The van der Waals surface area contributed by atoms with Crippen LogP contribution in [0.2, 0.25) is 0 Å². The van der Waals surface area contributed by atoms with Crippen LogP contribution in [0.25, 0.3) is 11.3 Å². The number of nitrogens with two attached hydrogens (primary N) is 1. The number of alkyl halides is 3. The summed E-state index contributed by atoms with van der Waals surface area (Å²) >= 11 is 0. The highest BCUT2D eigenvalue weighted by atomic mass is 19.4. The molecule has 31 heavy (non-hydrogen) atoms. The number of fused-ring (bicyclic) bond motifs is 1. The highest BCUT2D eigenvalue weighted by Gasteiger charge is 2.32. The van der Waals surface area contributed by atoms with Crippen molar-refractivity contribution in [3.63, 3.8) is 0 Å². The van der Waals surface area contributed by atoms with Gasteiger partial charge in [-0.3, -0.25) is 14.5 Å². The number of carbonyl (C=O) groups excluding carboxylic acids is 1. The van der Waals surface area contributed by atoms with Crippen LogP contribution in [0.3, 0.4) is 0 Å². The van der Waals surface area contributed by atoms with Gasteiger partial charge in [-0.2, -0.15) is 23.5 Å². The number of pyridine rings is 1. The molecular formula is C22H20F3N5O. The first-order valence-electron chi connectivity index (χ1n) is 9.59. The van der Waals surface area contributed by atoms with E-state index < -0.39 is 17.8 Å². The average Bonchev–Trinajstić information content (AvgIpc) is 3.17. The summed E-state index contributed by atoms with van der Waals surface area (Å²) < 4.78 is 39.7. The molecule has 0 bridgehead atoms. The maximum absolute atomic E-state index is 12.6. The van der Waals surface area contributed by atoms with Gasteiger partial charge < -0.3 is 5.73 Å². The molecule has 0 radical (unpaired) electrons. The van der Waals surface area contributed by atoms with Crippen LogP contribution >= 0.6 is 0 Å². The van der Waals surface area contributed by atoms with Crippen LogP contribution in [0.15, 0.2) is 42.6 Å². The molecule has 2 aromatic heterocycles. The first-order chi connectivity index (χ1) is 14.7. The van der Waals surface area contributed by atoms with Gasteiger partial charge in [0, 0.05) is 29.6 Å². The fourth-order valence-electron chi connectivity index (χ4n) is 3.29. The Bertz CT molecular complexity index is 1120. The number of nitriles is 1. The van der Waals surface area contributed by atoms with Crippen LogP contribution in [0.4, 0.5) is 13.2 Å². The number of aromatic nitrogens is 3. The molecule has 0 saturated heterocycles. The van der Waals surface area contributed by atoms with E-state index in [2.05, 4.69) is 10.1 Å². The Balaban J connectivity index is 0.000000196. The van der Waals surface area contributed by atoms with Crippen LogP contribution in [-0.4, -0.2) is 20.7 Å². The van der Waals surface area contributed by atoms with Crippen molar-refractivity contribution in [2.45, 2.75) is 38.9 Å². The third-order valence-corrected chi connectivity index (χ3v) is 4.75. The first-order valence-corrected chi connectivity index (χ1v) is 9.59. The molecule has 6 nitrogen and oxygen atoms in total. The molecular weight excluding hydrogens is 407 g/mol. The summed E-state index contributed by atoms with van der Waals surface area (Å²) in [5.41, 5.74) is 8.03. The Hall–Kier alpha value is -3.67. The van der Waals surface area contributed by atoms with Crippen LogP contribution in [0.1, 0.15) is 45.7 Å². The minimum absolute atomic E-state index is 0.381. The summed E-state index contributed by atoms with van der Waals surface area (Å²) in [5.74, 6) is -0.504. The minimum Gasteiger partial charge on any atom is -0.366 e. The third-order valence-electron chi connectivity index (χ3n) is 4.75. The van der Waals surface area contributed by atoms with Gasteiger partial charge in [0.2, 0.25) is 5.91 Å². The predicted octanol–water partition coefficient (Wildman–Crippen LogP) is 4.27. The van der Waals surface area contributed by atoms with Gasteiger partial charge in [-0.15, -0.1) is 0 Å². The number of aryl methyl sites for hydroxylation is 3. The lowest BCUT2D eigenvalue weighted by Crippen LogP contribution is -2.11. The van der Waals surface area contributed by atoms with E-state index in [0.717, 1.165) is 43.1 Å². The van der Waals surface area contributed by atoms with Crippen molar-refractivity contribution < 1.29 is 18.0 Å². The van der Waals surface area contributed by atoms with Gasteiger partial charge in [0.1, 0.15) is 5.69 Å². The molecule has 1 amide bonds. The average molecular weight is 427 g/mol. The number of hydrogen-bond acceptors (Lipinski definition) is 4. The summed E-state index contributed by atoms with van der Waals surface area (Å²) in [4.78, 5) is 14.1. The second kappa shape index (κ2) is 9.00. The molecule has 1 aliphatic rings. The zero-order valence-electron chi connectivity index (χ0n) is 16.8. The Labute approximate surface area is 177 Å². The van der Waals surface area contributed by atoms with E-state index in [0.29, 0.717) is 22.4 Å². The zero-order valence-corrected chi connectivity index (χ0v) is 16.8. The molecule has 0 fully saturated rings. The standard InChI is InChI=1S/C13H12F3N3.C9H8N2O/c14-13(15,16)12-7-9(4-5-17-12)11-8-10-3-1-2-6-19(10)18-11;1-6-2-7(5-10)4-8(3-6)9(11)12/h4-5,7-8H,1-3,6H2;2-4H,1H3,(H2,11,12). The molecule has 4 rings (SSSR count). The Morgan fingerprint density at radius 3 is 2.61 bits per heavy atom. The molecule has 3 aromatic rings. The fourth-order valence-corrected chi connectivity index (χ4v) is 3.29. The van der Waals surface area contributed by atoms with E-state index in [1.165, 1.54) is 12.3 Å². The van der Waals surface area contributed by atoms with Crippen molar-refractivity contribution in [3.8, 4) is 17.3 Å². The van der Waals surface area contributed by atoms with Crippen molar-refractivity contribution in [1.29, 1.82) is 5.26 Å². The third kappa shape index (κ3) is 5.48. The van der Waals surface area contributed by atoms with E-state index in [1.54, 1.807) is 18.2 Å². The topological polar surface area (TPSA) is 97.6 Å². The fraction of sp³-hybridized carbons (Fsp3) is 0.273. The second-order valence-corrected chi connectivity index (χ2v) is 7.19. The second-order valence-electron chi connectivity index (χ2n) is 7.19. The number of amides is 1. The van der Waals surface area contributed by atoms with Crippen molar-refractivity contribution >= 4 is 5.91 Å². The molecule has 0 aliphatic carbocycles. The summed E-state index contributed by atoms with van der Waals surface area (Å²) in [5, 5.41) is 12.9. The van der Waals surface area contributed by atoms with Crippen molar-refractivity contribution in [2.24, 2.45) is 5.73 Å². The first kappa shape index (κ1) is 22.0. The number of rotatable bonds is 2. The van der Waals surface area contributed by atoms with Crippen LogP contribution in [0.5, 0.6) is 0 Å². The Kier molecular flexibility index (Phi) is 6.39. The van der Waals surface area contributed by atoms with Crippen molar-refractivity contribution in [3.05, 3.63) is 70.7 Å². The van der Waals surface area contributed by atoms with E-state index in [9.17, 15) is 18.0 Å². The number of halogens is 3. The smallest absolute Gasteiger partial charge is 0.366 e. The quantitative estimate of drug-likeness (QED) is 0.661. The molecule has 3 heterocycles. The van der Waals surface area contributed by atoms with Crippen LogP contribution in [0, 0.1) is 18.3 Å². The maximum atomic E-state index is 12.6. The Morgan fingerprint density at radius 1 is 1.19 bits per heavy atom. The van der Waals surface area contributed by atoms with E-state index >= 15 is 0 Å². The lowest BCUT2D eigenvalue weighted by molar-refractivity contribution is -0.141. The highest BCUT2D eigenvalue weighted by Crippen LogP contribution is 2.30. The predicted molar refractivity (Wildman–Crippen MR) is 108 cm³/mol. The Morgan fingerprint density at radius 2 is 1.97 bits per heavy atom. The van der Waals surface area contributed by atoms with E-state index in [-0.39, 0.29) is 0 Å². The number of hydrogen-bond donors (Lipinski definition) is 1. The van der Waals surface area contributed by atoms with Crippen molar-refractivity contribution in [2.75, 3.05) is 0 Å². The summed E-state index contributed by atoms with van der Waals surface area (Å²) in [7, 11) is 0. The van der Waals surface area contributed by atoms with E-state index in [4.69, 9.17) is 11.0 Å². The van der Waals surface area contributed by atoms with Gasteiger partial charge in [0.15, 0.2) is 0 Å². The lowest BCUT2D eigenvalue weighted by atomic mass is 10.1. The summed E-state index contributed by atoms with van der Waals surface area (Å²) in [6, 6.07) is 11.3. The van der Waals surface area contributed by atoms with Gasteiger partial charge in [0.25, 0.3) is 0 Å². The molecule has 1 aromatic carbocycles.